The van der Waals surface area contributed by atoms with Gasteiger partial charge in [0.2, 0.25) is 0 Å². The van der Waals surface area contributed by atoms with Gasteiger partial charge in [-0.05, 0) is 51.2 Å². The summed E-state index contributed by atoms with van der Waals surface area (Å²) in [6.07, 6.45) is 1.23. The van der Waals surface area contributed by atoms with Crippen LogP contribution in [0.3, 0.4) is 0 Å². The van der Waals surface area contributed by atoms with Gasteiger partial charge < -0.3 is 20.4 Å². The molecule has 6 heteroatoms. The molecule has 1 aliphatic heterocycles. The zero-order chi connectivity index (χ0) is 19.7. The number of guanidine groups is 1. The molecule has 2 N–H and O–H groups in total. The highest BCUT2D eigenvalue weighted by Crippen LogP contribution is 2.24. The van der Waals surface area contributed by atoms with E-state index in [0.29, 0.717) is 6.54 Å². The van der Waals surface area contributed by atoms with E-state index >= 15 is 0 Å². The summed E-state index contributed by atoms with van der Waals surface area (Å²) in [5.74, 6) is 0.631. The Kier molecular flexibility index (Phi) is 8.51. The molecule has 0 aliphatic carbocycles. The van der Waals surface area contributed by atoms with Gasteiger partial charge in [0.1, 0.15) is 5.82 Å². The summed E-state index contributed by atoms with van der Waals surface area (Å²) in [4.78, 5) is 9.66. The molecule has 1 heterocycles. The van der Waals surface area contributed by atoms with E-state index in [0.717, 1.165) is 50.8 Å². The summed E-state index contributed by atoms with van der Waals surface area (Å²) in [6.45, 7) is 14.2. The lowest BCUT2D eigenvalue weighted by Gasteiger charge is -2.24. The zero-order valence-corrected chi connectivity index (χ0v) is 17.4. The number of aliphatic imine (C=N–C) groups is 1. The maximum absolute atomic E-state index is 13.5. The van der Waals surface area contributed by atoms with Crippen molar-refractivity contribution in [3.05, 3.63) is 35.6 Å². The molecule has 0 aromatic heterocycles. The smallest absolute Gasteiger partial charge is 0.191 e. The molecule has 1 aromatic carbocycles. The molecule has 0 amide bonds. The van der Waals surface area contributed by atoms with Crippen LogP contribution in [0.4, 0.5) is 4.39 Å². The average Bonchev–Trinajstić information content (AvgIpc) is 2.84. The normalized spacial score (nSPS) is 17.6. The van der Waals surface area contributed by atoms with E-state index in [-0.39, 0.29) is 11.2 Å². The van der Waals surface area contributed by atoms with Gasteiger partial charge in [0.05, 0.1) is 6.54 Å². The van der Waals surface area contributed by atoms with Crippen LogP contribution in [0, 0.1) is 5.82 Å². The molecule has 1 saturated heterocycles. The first-order valence-electron chi connectivity index (χ1n) is 10.1. The quantitative estimate of drug-likeness (QED) is 0.565. The van der Waals surface area contributed by atoms with Gasteiger partial charge in [-0.2, -0.15) is 0 Å². The largest absolute Gasteiger partial charge is 0.357 e. The molecule has 0 saturated carbocycles. The van der Waals surface area contributed by atoms with Gasteiger partial charge in [0, 0.05) is 38.1 Å². The highest BCUT2D eigenvalue weighted by Gasteiger charge is 2.21. The van der Waals surface area contributed by atoms with Gasteiger partial charge in [0.15, 0.2) is 5.96 Å². The molecule has 0 bridgehead atoms. The van der Waals surface area contributed by atoms with Crippen LogP contribution >= 0.6 is 0 Å². The van der Waals surface area contributed by atoms with Crippen LogP contribution in [0.25, 0.3) is 0 Å². The van der Waals surface area contributed by atoms with E-state index < -0.39 is 0 Å². The fourth-order valence-corrected chi connectivity index (χ4v) is 3.28. The van der Waals surface area contributed by atoms with Gasteiger partial charge in [-0.15, -0.1) is 0 Å². The number of hydrogen-bond donors (Lipinski definition) is 2. The molecule has 2 rings (SSSR count). The van der Waals surface area contributed by atoms with Crippen molar-refractivity contribution < 1.29 is 4.39 Å². The minimum absolute atomic E-state index is 0.197. The number of halogens is 1. The summed E-state index contributed by atoms with van der Waals surface area (Å²) in [7, 11) is 2.19. The molecule has 0 atom stereocenters. The van der Waals surface area contributed by atoms with Crippen molar-refractivity contribution >= 4 is 5.96 Å². The van der Waals surface area contributed by atoms with E-state index in [1.807, 2.05) is 6.07 Å². The molecule has 27 heavy (non-hydrogen) atoms. The number of benzene rings is 1. The van der Waals surface area contributed by atoms with E-state index in [4.69, 9.17) is 4.99 Å². The fourth-order valence-electron chi connectivity index (χ4n) is 3.28. The lowest BCUT2D eigenvalue weighted by molar-refractivity contribution is 0.280. The van der Waals surface area contributed by atoms with Crippen molar-refractivity contribution in [2.75, 3.05) is 59.4 Å². The van der Waals surface area contributed by atoms with E-state index in [2.05, 4.69) is 48.3 Å². The van der Waals surface area contributed by atoms with E-state index in [1.165, 1.54) is 19.0 Å². The van der Waals surface area contributed by atoms with Crippen molar-refractivity contribution in [1.82, 2.24) is 20.4 Å². The van der Waals surface area contributed by atoms with Crippen LogP contribution < -0.4 is 10.6 Å². The Labute approximate surface area is 164 Å². The number of hydrogen-bond acceptors (Lipinski definition) is 3. The Bertz CT molecular complexity index is 602. The van der Waals surface area contributed by atoms with Gasteiger partial charge in [-0.1, -0.05) is 26.0 Å². The highest BCUT2D eigenvalue weighted by molar-refractivity contribution is 5.79. The van der Waals surface area contributed by atoms with Crippen LogP contribution in [-0.4, -0.2) is 75.2 Å². The first-order chi connectivity index (χ1) is 12.9. The van der Waals surface area contributed by atoms with Crippen LogP contribution in [-0.2, 0) is 5.41 Å². The van der Waals surface area contributed by atoms with Crippen molar-refractivity contribution in [3.8, 4) is 0 Å². The zero-order valence-electron chi connectivity index (χ0n) is 17.4. The lowest BCUT2D eigenvalue weighted by atomic mass is 9.85. The Morgan fingerprint density at radius 3 is 2.74 bits per heavy atom. The Hall–Kier alpha value is -1.66. The minimum Gasteiger partial charge on any atom is -0.357 e. The molecule has 152 valence electrons. The molecule has 1 fully saturated rings. The standard InChI is InChI=1S/C21H36FN5/c1-5-23-20(24-10-13-27-12-7-11-26(4)14-15-27)25-17-21(2,3)18-8-6-9-19(22)16-18/h6,8-9,16H,5,7,10-15,17H2,1-4H3,(H2,23,24,25). The molecular formula is C21H36FN5. The molecular weight excluding hydrogens is 341 g/mol. The topological polar surface area (TPSA) is 42.9 Å². The molecule has 1 aliphatic rings. The first-order valence-corrected chi connectivity index (χ1v) is 10.1. The van der Waals surface area contributed by atoms with Crippen LogP contribution in [0.15, 0.2) is 29.3 Å². The van der Waals surface area contributed by atoms with Crippen LogP contribution in [0.5, 0.6) is 0 Å². The van der Waals surface area contributed by atoms with Crippen molar-refractivity contribution in [2.45, 2.75) is 32.6 Å². The van der Waals surface area contributed by atoms with Gasteiger partial charge in [0.25, 0.3) is 0 Å². The summed E-state index contributed by atoms with van der Waals surface area (Å²) >= 11 is 0. The third-order valence-corrected chi connectivity index (χ3v) is 5.12. The van der Waals surface area contributed by atoms with Gasteiger partial charge >= 0.3 is 0 Å². The molecule has 0 radical (unpaired) electrons. The van der Waals surface area contributed by atoms with Crippen molar-refractivity contribution in [2.24, 2.45) is 4.99 Å². The van der Waals surface area contributed by atoms with Gasteiger partial charge in [-0.25, -0.2) is 4.39 Å². The fraction of sp³-hybridized carbons (Fsp3) is 0.667. The Morgan fingerprint density at radius 1 is 1.19 bits per heavy atom. The maximum atomic E-state index is 13.5. The second kappa shape index (κ2) is 10.6. The van der Waals surface area contributed by atoms with Crippen LogP contribution in [0.2, 0.25) is 0 Å². The molecule has 0 unspecified atom stereocenters. The second-order valence-corrected chi connectivity index (χ2v) is 8.01. The molecule has 5 nitrogen and oxygen atoms in total. The Balaban J connectivity index is 1.87. The predicted molar refractivity (Wildman–Crippen MR) is 112 cm³/mol. The van der Waals surface area contributed by atoms with Crippen molar-refractivity contribution in [3.63, 3.8) is 0 Å². The van der Waals surface area contributed by atoms with E-state index in [1.54, 1.807) is 12.1 Å². The molecule has 1 aromatic rings. The summed E-state index contributed by atoms with van der Waals surface area (Å²) in [5, 5.41) is 6.76. The lowest BCUT2D eigenvalue weighted by Crippen LogP contribution is -2.43. The number of rotatable bonds is 7. The first kappa shape index (κ1) is 21.6. The number of likely N-dealkylation sites (N-methyl/N-ethyl adjacent to an activating group) is 1. The highest BCUT2D eigenvalue weighted by atomic mass is 19.1. The summed E-state index contributed by atoms with van der Waals surface area (Å²) in [6, 6.07) is 6.81. The van der Waals surface area contributed by atoms with Gasteiger partial charge in [-0.3, -0.25) is 4.99 Å². The van der Waals surface area contributed by atoms with Crippen molar-refractivity contribution in [1.29, 1.82) is 0 Å². The third-order valence-electron chi connectivity index (χ3n) is 5.12. The summed E-state index contributed by atoms with van der Waals surface area (Å²) < 4.78 is 13.5. The SMILES string of the molecule is CCNC(=NCC(C)(C)c1cccc(F)c1)NCCN1CCCN(C)CC1. The summed E-state index contributed by atoms with van der Waals surface area (Å²) in [5.41, 5.74) is 0.746. The molecule has 0 spiro atoms. The monoisotopic (exact) mass is 377 g/mol. The minimum atomic E-state index is -0.222. The average molecular weight is 378 g/mol. The maximum Gasteiger partial charge on any atom is 0.191 e. The predicted octanol–water partition coefficient (Wildman–Crippen LogP) is 2.30. The third kappa shape index (κ3) is 7.46. The number of nitrogens with one attached hydrogen (secondary N) is 2. The van der Waals surface area contributed by atoms with Crippen LogP contribution in [0.1, 0.15) is 32.8 Å². The number of nitrogens with zero attached hydrogens (tertiary/aromatic N) is 3. The Morgan fingerprint density at radius 2 is 2.00 bits per heavy atom. The van der Waals surface area contributed by atoms with E-state index in [9.17, 15) is 4.39 Å². The second-order valence-electron chi connectivity index (χ2n) is 8.01.